The van der Waals surface area contributed by atoms with Crippen molar-refractivity contribution in [2.24, 2.45) is 0 Å². The predicted molar refractivity (Wildman–Crippen MR) is 139 cm³/mol. The molecule has 2 bridgehead atoms. The summed E-state index contributed by atoms with van der Waals surface area (Å²) in [6, 6.07) is 16.9. The fourth-order valence-corrected chi connectivity index (χ4v) is 5.72. The SMILES string of the molecule is CC(C)(C)OC(=O)N1C2CCC1CN(c1ccc3c(c1)CCC(NC(=O)OCc1ccccc1)C3)C2. The van der Waals surface area contributed by atoms with Gasteiger partial charge in [0.2, 0.25) is 0 Å². The van der Waals surface area contributed by atoms with Gasteiger partial charge in [0.15, 0.2) is 0 Å². The highest BCUT2D eigenvalue weighted by molar-refractivity contribution is 5.70. The molecule has 2 aliphatic heterocycles. The van der Waals surface area contributed by atoms with E-state index in [1.54, 1.807) is 0 Å². The Morgan fingerprint density at radius 2 is 1.69 bits per heavy atom. The van der Waals surface area contributed by atoms with Crippen LogP contribution >= 0.6 is 0 Å². The highest BCUT2D eigenvalue weighted by Crippen LogP contribution is 2.35. The molecule has 0 spiro atoms. The lowest BCUT2D eigenvalue weighted by Gasteiger charge is -2.42. The quantitative estimate of drug-likeness (QED) is 0.648. The maximum Gasteiger partial charge on any atom is 0.410 e. The summed E-state index contributed by atoms with van der Waals surface area (Å²) in [7, 11) is 0. The number of carbonyl (C=O) groups is 2. The predicted octanol–water partition coefficient (Wildman–Crippen LogP) is 5.06. The van der Waals surface area contributed by atoms with E-state index in [0.717, 1.165) is 50.8 Å². The number of carbonyl (C=O) groups excluding carboxylic acids is 2. The van der Waals surface area contributed by atoms with Gasteiger partial charge in [-0.05, 0) is 81.7 Å². The number of nitrogens with one attached hydrogen (secondary N) is 1. The highest BCUT2D eigenvalue weighted by Gasteiger charge is 2.44. The molecule has 2 amide bonds. The summed E-state index contributed by atoms with van der Waals surface area (Å²) in [6.45, 7) is 7.72. The Hall–Kier alpha value is -3.22. The molecule has 192 valence electrons. The maximum absolute atomic E-state index is 12.8. The van der Waals surface area contributed by atoms with Crippen LogP contribution in [0.2, 0.25) is 0 Å². The number of alkyl carbamates (subject to hydrolysis) is 1. The molecule has 7 heteroatoms. The van der Waals surface area contributed by atoms with Crippen molar-refractivity contribution >= 4 is 17.9 Å². The van der Waals surface area contributed by atoms with E-state index in [1.807, 2.05) is 56.0 Å². The van der Waals surface area contributed by atoms with Crippen LogP contribution in [0, 0.1) is 0 Å². The number of ether oxygens (including phenoxy) is 2. The van der Waals surface area contributed by atoms with Crippen LogP contribution in [0.4, 0.5) is 15.3 Å². The second-order valence-corrected chi connectivity index (χ2v) is 11.3. The summed E-state index contributed by atoms with van der Waals surface area (Å²) in [5.41, 5.74) is 4.37. The molecule has 0 saturated carbocycles. The third-order valence-corrected chi connectivity index (χ3v) is 7.40. The first-order valence-corrected chi connectivity index (χ1v) is 13.1. The van der Waals surface area contributed by atoms with Gasteiger partial charge in [-0.1, -0.05) is 36.4 Å². The topological polar surface area (TPSA) is 71.1 Å². The third-order valence-electron chi connectivity index (χ3n) is 7.40. The summed E-state index contributed by atoms with van der Waals surface area (Å²) < 4.78 is 11.1. The molecule has 0 aromatic heterocycles. The van der Waals surface area contributed by atoms with Crippen LogP contribution in [0.15, 0.2) is 48.5 Å². The van der Waals surface area contributed by atoms with Crippen molar-refractivity contribution in [3.63, 3.8) is 0 Å². The van der Waals surface area contributed by atoms with Crippen molar-refractivity contribution < 1.29 is 19.1 Å². The number of hydrogen-bond acceptors (Lipinski definition) is 5. The zero-order valence-corrected chi connectivity index (χ0v) is 21.5. The molecule has 5 rings (SSSR count). The monoisotopic (exact) mass is 491 g/mol. The first-order chi connectivity index (χ1) is 17.2. The van der Waals surface area contributed by atoms with Crippen molar-refractivity contribution in [1.82, 2.24) is 10.2 Å². The summed E-state index contributed by atoms with van der Waals surface area (Å²) in [4.78, 5) is 29.5. The fourth-order valence-electron chi connectivity index (χ4n) is 5.72. The number of piperazine rings is 1. The molecule has 36 heavy (non-hydrogen) atoms. The van der Waals surface area contributed by atoms with E-state index in [9.17, 15) is 9.59 Å². The summed E-state index contributed by atoms with van der Waals surface area (Å²) >= 11 is 0. The Balaban J connectivity index is 1.16. The molecular formula is C29H37N3O4. The molecule has 2 fully saturated rings. The van der Waals surface area contributed by atoms with E-state index in [-0.39, 0.29) is 36.9 Å². The van der Waals surface area contributed by atoms with Gasteiger partial charge in [0, 0.05) is 24.8 Å². The minimum atomic E-state index is -0.475. The lowest BCUT2D eigenvalue weighted by atomic mass is 9.88. The van der Waals surface area contributed by atoms with Gasteiger partial charge in [-0.2, -0.15) is 0 Å². The average Bonchev–Trinajstić information content (AvgIpc) is 3.12. The minimum absolute atomic E-state index is 0.0832. The fraction of sp³-hybridized carbons (Fsp3) is 0.517. The van der Waals surface area contributed by atoms with E-state index >= 15 is 0 Å². The van der Waals surface area contributed by atoms with Crippen LogP contribution in [-0.4, -0.2) is 53.9 Å². The van der Waals surface area contributed by atoms with E-state index in [0.29, 0.717) is 0 Å². The van der Waals surface area contributed by atoms with Crippen LogP contribution in [0.5, 0.6) is 0 Å². The van der Waals surface area contributed by atoms with Crippen LogP contribution in [0.3, 0.4) is 0 Å². The largest absolute Gasteiger partial charge is 0.445 e. The molecule has 2 aromatic carbocycles. The van der Waals surface area contributed by atoms with Gasteiger partial charge < -0.3 is 19.7 Å². The number of fused-ring (bicyclic) bond motifs is 3. The van der Waals surface area contributed by atoms with Gasteiger partial charge in [-0.3, -0.25) is 4.90 Å². The number of anilines is 1. The summed E-state index contributed by atoms with van der Waals surface area (Å²) in [5, 5.41) is 3.04. The van der Waals surface area contributed by atoms with Crippen molar-refractivity contribution in [3.05, 3.63) is 65.2 Å². The second kappa shape index (κ2) is 10.0. The van der Waals surface area contributed by atoms with Crippen LogP contribution in [-0.2, 0) is 28.9 Å². The number of benzene rings is 2. The molecular weight excluding hydrogens is 454 g/mol. The maximum atomic E-state index is 12.8. The second-order valence-electron chi connectivity index (χ2n) is 11.3. The molecule has 2 saturated heterocycles. The number of hydrogen-bond donors (Lipinski definition) is 1. The Morgan fingerprint density at radius 3 is 2.39 bits per heavy atom. The minimum Gasteiger partial charge on any atom is -0.445 e. The molecule has 7 nitrogen and oxygen atoms in total. The van der Waals surface area contributed by atoms with Gasteiger partial charge in [0.1, 0.15) is 12.2 Å². The molecule has 3 unspecified atom stereocenters. The Morgan fingerprint density at radius 1 is 0.972 bits per heavy atom. The molecule has 0 radical (unpaired) electrons. The first-order valence-electron chi connectivity index (χ1n) is 13.1. The Bertz CT molecular complexity index is 1080. The van der Waals surface area contributed by atoms with Crippen LogP contribution in [0.25, 0.3) is 0 Å². The van der Waals surface area contributed by atoms with E-state index in [4.69, 9.17) is 9.47 Å². The Labute approximate surface area is 213 Å². The zero-order chi connectivity index (χ0) is 25.3. The third kappa shape index (κ3) is 5.61. The molecule has 1 N–H and O–H groups in total. The molecule has 2 aromatic rings. The molecule has 1 aliphatic carbocycles. The highest BCUT2D eigenvalue weighted by atomic mass is 16.6. The normalized spacial score (nSPS) is 23.1. The Kier molecular flexibility index (Phi) is 6.82. The average molecular weight is 492 g/mol. The van der Waals surface area contributed by atoms with E-state index < -0.39 is 5.60 Å². The van der Waals surface area contributed by atoms with Crippen molar-refractivity contribution in [1.29, 1.82) is 0 Å². The van der Waals surface area contributed by atoms with Crippen LogP contribution < -0.4 is 10.2 Å². The smallest absolute Gasteiger partial charge is 0.410 e. The van der Waals surface area contributed by atoms with Gasteiger partial charge in [0.05, 0.1) is 12.1 Å². The van der Waals surface area contributed by atoms with Crippen molar-refractivity contribution in [2.75, 3.05) is 18.0 Å². The zero-order valence-electron chi connectivity index (χ0n) is 21.5. The van der Waals surface area contributed by atoms with Gasteiger partial charge in [-0.15, -0.1) is 0 Å². The number of nitrogens with zero attached hydrogens (tertiary/aromatic N) is 2. The van der Waals surface area contributed by atoms with Crippen molar-refractivity contribution in [2.45, 2.75) is 83.2 Å². The van der Waals surface area contributed by atoms with Crippen LogP contribution in [0.1, 0.15) is 56.7 Å². The van der Waals surface area contributed by atoms with Gasteiger partial charge >= 0.3 is 12.2 Å². The lowest BCUT2D eigenvalue weighted by Crippen LogP contribution is -2.56. The molecule has 2 heterocycles. The number of aryl methyl sites for hydroxylation is 1. The number of amides is 2. The number of rotatable bonds is 4. The lowest BCUT2D eigenvalue weighted by molar-refractivity contribution is 0.0123. The first kappa shape index (κ1) is 24.5. The standard InChI is InChI=1S/C29H37N3O4/c1-29(2,3)36-28(34)32-25-13-14-26(32)18-31(17-25)24-12-10-21-15-23(11-9-22(21)16-24)30-27(33)35-19-20-7-5-4-6-8-20/h4-8,10,12,16,23,25-26H,9,11,13-15,17-19H2,1-3H3,(H,30,33). The molecule has 3 atom stereocenters. The van der Waals surface area contributed by atoms with Gasteiger partial charge in [-0.25, -0.2) is 9.59 Å². The summed E-state index contributed by atoms with van der Waals surface area (Å²) in [6.07, 6.45) is 4.15. The molecule has 3 aliphatic rings. The van der Waals surface area contributed by atoms with Crippen molar-refractivity contribution in [3.8, 4) is 0 Å². The van der Waals surface area contributed by atoms with Gasteiger partial charge in [0.25, 0.3) is 0 Å². The van der Waals surface area contributed by atoms with E-state index in [1.165, 1.54) is 16.8 Å². The van der Waals surface area contributed by atoms with E-state index in [2.05, 4.69) is 28.4 Å². The summed E-state index contributed by atoms with van der Waals surface area (Å²) in [5.74, 6) is 0.